The van der Waals surface area contributed by atoms with Crippen molar-refractivity contribution in [3.63, 3.8) is 0 Å². The summed E-state index contributed by atoms with van der Waals surface area (Å²) in [6, 6.07) is 1.87. The first-order chi connectivity index (χ1) is 5.42. The largest absolute Gasteiger partial charge is 0.296 e. The molecule has 11 heavy (non-hydrogen) atoms. The fourth-order valence-electron chi connectivity index (χ4n) is 0.892. The van der Waals surface area contributed by atoms with E-state index in [-0.39, 0.29) is 0 Å². The SMILES string of the molecule is O=Cc1ncnc2ccsc12. The molecule has 0 atom stereocenters. The van der Waals surface area contributed by atoms with Gasteiger partial charge in [-0.05, 0) is 11.4 Å². The van der Waals surface area contributed by atoms with Gasteiger partial charge in [0.15, 0.2) is 6.29 Å². The van der Waals surface area contributed by atoms with Crippen molar-refractivity contribution in [2.24, 2.45) is 0 Å². The van der Waals surface area contributed by atoms with Gasteiger partial charge in [-0.15, -0.1) is 11.3 Å². The molecule has 0 aromatic carbocycles. The second kappa shape index (κ2) is 2.39. The van der Waals surface area contributed by atoms with Crippen LogP contribution < -0.4 is 0 Å². The highest BCUT2D eigenvalue weighted by Crippen LogP contribution is 2.19. The maximum absolute atomic E-state index is 10.4. The minimum atomic E-state index is 0.477. The number of carbonyl (C=O) groups is 1. The Hall–Kier alpha value is -1.29. The van der Waals surface area contributed by atoms with Gasteiger partial charge >= 0.3 is 0 Å². The topological polar surface area (TPSA) is 42.9 Å². The lowest BCUT2D eigenvalue weighted by Gasteiger charge is -1.89. The second-order valence-electron chi connectivity index (χ2n) is 2.01. The number of aldehydes is 1. The van der Waals surface area contributed by atoms with Crippen molar-refractivity contribution < 1.29 is 4.79 Å². The van der Waals surface area contributed by atoms with Crippen LogP contribution in [0.15, 0.2) is 17.8 Å². The molecule has 0 amide bonds. The average molecular weight is 164 g/mol. The van der Waals surface area contributed by atoms with Gasteiger partial charge in [-0.3, -0.25) is 4.79 Å². The number of rotatable bonds is 1. The van der Waals surface area contributed by atoms with Crippen LogP contribution in [0, 0.1) is 0 Å². The first-order valence-electron chi connectivity index (χ1n) is 3.05. The molecule has 3 nitrogen and oxygen atoms in total. The van der Waals surface area contributed by atoms with Crippen LogP contribution in [0.4, 0.5) is 0 Å². The molecular weight excluding hydrogens is 160 g/mol. The van der Waals surface area contributed by atoms with Gasteiger partial charge in [0, 0.05) is 0 Å². The lowest BCUT2D eigenvalue weighted by atomic mass is 10.4. The van der Waals surface area contributed by atoms with Crippen LogP contribution in [0.1, 0.15) is 10.5 Å². The molecule has 0 aliphatic heterocycles. The minimum Gasteiger partial charge on any atom is -0.296 e. The van der Waals surface area contributed by atoms with Crippen LogP contribution >= 0.6 is 11.3 Å². The molecule has 0 aliphatic rings. The smallest absolute Gasteiger partial charge is 0.170 e. The molecule has 2 heterocycles. The lowest BCUT2D eigenvalue weighted by molar-refractivity contribution is 0.112. The number of thiophene rings is 1. The number of carbonyl (C=O) groups excluding carboxylic acids is 1. The molecule has 2 aromatic rings. The summed E-state index contributed by atoms with van der Waals surface area (Å²) < 4.78 is 0.863. The van der Waals surface area contributed by atoms with E-state index in [0.29, 0.717) is 5.69 Å². The number of hydrogen-bond donors (Lipinski definition) is 0. The summed E-state index contributed by atoms with van der Waals surface area (Å²) >= 11 is 1.48. The highest BCUT2D eigenvalue weighted by molar-refractivity contribution is 7.17. The van der Waals surface area contributed by atoms with Crippen molar-refractivity contribution in [1.82, 2.24) is 9.97 Å². The third-order valence-electron chi connectivity index (χ3n) is 1.38. The second-order valence-corrected chi connectivity index (χ2v) is 2.93. The summed E-state index contributed by atoms with van der Waals surface area (Å²) in [5, 5.41) is 1.90. The van der Waals surface area contributed by atoms with E-state index in [1.54, 1.807) is 0 Å². The van der Waals surface area contributed by atoms with Crippen LogP contribution in [0.25, 0.3) is 10.2 Å². The Labute approximate surface area is 66.7 Å². The van der Waals surface area contributed by atoms with Crippen LogP contribution in [0.3, 0.4) is 0 Å². The van der Waals surface area contributed by atoms with Crippen molar-refractivity contribution in [1.29, 1.82) is 0 Å². The summed E-state index contributed by atoms with van der Waals surface area (Å²) in [5.41, 5.74) is 1.32. The van der Waals surface area contributed by atoms with Gasteiger partial charge in [0.1, 0.15) is 12.0 Å². The van der Waals surface area contributed by atoms with Crippen LogP contribution in [-0.4, -0.2) is 16.3 Å². The molecule has 0 bridgehead atoms. The van der Waals surface area contributed by atoms with Gasteiger partial charge in [0.25, 0.3) is 0 Å². The molecule has 0 fully saturated rings. The lowest BCUT2D eigenvalue weighted by Crippen LogP contribution is -1.86. The van der Waals surface area contributed by atoms with Gasteiger partial charge in [0.2, 0.25) is 0 Å². The molecular formula is C7H4N2OS. The molecule has 2 aromatic heterocycles. The first-order valence-corrected chi connectivity index (χ1v) is 3.93. The average Bonchev–Trinajstić information content (AvgIpc) is 2.50. The Morgan fingerprint density at radius 2 is 2.36 bits per heavy atom. The Kier molecular flexibility index (Phi) is 1.40. The minimum absolute atomic E-state index is 0.477. The Balaban J connectivity index is 2.88. The van der Waals surface area contributed by atoms with Crippen molar-refractivity contribution in [2.75, 3.05) is 0 Å². The van der Waals surface area contributed by atoms with E-state index in [2.05, 4.69) is 9.97 Å². The van der Waals surface area contributed by atoms with Crippen molar-refractivity contribution >= 4 is 27.8 Å². The summed E-state index contributed by atoms with van der Waals surface area (Å²) in [6.45, 7) is 0. The van der Waals surface area contributed by atoms with E-state index < -0.39 is 0 Å². The zero-order chi connectivity index (χ0) is 7.68. The van der Waals surface area contributed by atoms with Crippen molar-refractivity contribution in [2.45, 2.75) is 0 Å². The quantitative estimate of drug-likeness (QED) is 0.600. The maximum atomic E-state index is 10.4. The third-order valence-corrected chi connectivity index (χ3v) is 2.31. The molecule has 0 unspecified atom stereocenters. The van der Waals surface area contributed by atoms with Gasteiger partial charge in [0.05, 0.1) is 10.2 Å². The van der Waals surface area contributed by atoms with Crippen molar-refractivity contribution in [3.8, 4) is 0 Å². The highest BCUT2D eigenvalue weighted by atomic mass is 32.1. The van der Waals surface area contributed by atoms with Gasteiger partial charge in [-0.2, -0.15) is 0 Å². The first kappa shape index (κ1) is 6.42. The summed E-state index contributed by atoms with van der Waals surface area (Å²) in [4.78, 5) is 18.3. The molecule has 0 saturated carbocycles. The summed E-state index contributed by atoms with van der Waals surface area (Å²) in [7, 11) is 0. The normalized spacial score (nSPS) is 10.2. The third kappa shape index (κ3) is 0.914. The number of hydrogen-bond acceptors (Lipinski definition) is 4. The van der Waals surface area contributed by atoms with Crippen molar-refractivity contribution in [3.05, 3.63) is 23.5 Å². The Morgan fingerprint density at radius 3 is 3.18 bits per heavy atom. The molecule has 4 heteroatoms. The van der Waals surface area contributed by atoms with E-state index in [0.717, 1.165) is 16.5 Å². The number of fused-ring (bicyclic) bond motifs is 1. The maximum Gasteiger partial charge on any atom is 0.170 e. The standard InChI is InChI=1S/C7H4N2OS/c10-3-6-7-5(1-2-11-7)8-4-9-6/h1-4H. The molecule has 54 valence electrons. The molecule has 0 aliphatic carbocycles. The zero-order valence-corrected chi connectivity index (χ0v) is 6.34. The van der Waals surface area contributed by atoms with E-state index >= 15 is 0 Å². The molecule has 0 saturated heterocycles. The van der Waals surface area contributed by atoms with Gasteiger partial charge < -0.3 is 0 Å². The predicted molar refractivity (Wildman–Crippen MR) is 42.8 cm³/mol. The van der Waals surface area contributed by atoms with Gasteiger partial charge in [-0.25, -0.2) is 9.97 Å². The molecule has 0 N–H and O–H groups in total. The molecule has 0 spiro atoms. The predicted octanol–water partition coefficient (Wildman–Crippen LogP) is 1.50. The molecule has 2 rings (SSSR count). The van der Waals surface area contributed by atoms with E-state index in [1.807, 2.05) is 11.4 Å². The Morgan fingerprint density at radius 1 is 1.45 bits per heavy atom. The van der Waals surface area contributed by atoms with Crippen LogP contribution in [0.2, 0.25) is 0 Å². The Bertz CT molecular complexity index is 396. The molecule has 0 radical (unpaired) electrons. The fourth-order valence-corrected chi connectivity index (χ4v) is 1.69. The van der Waals surface area contributed by atoms with Crippen LogP contribution in [-0.2, 0) is 0 Å². The van der Waals surface area contributed by atoms with E-state index in [1.165, 1.54) is 17.7 Å². The van der Waals surface area contributed by atoms with E-state index in [9.17, 15) is 4.79 Å². The van der Waals surface area contributed by atoms with Gasteiger partial charge in [-0.1, -0.05) is 0 Å². The highest BCUT2D eigenvalue weighted by Gasteiger charge is 2.01. The monoisotopic (exact) mass is 164 g/mol. The fraction of sp³-hybridized carbons (Fsp3) is 0. The summed E-state index contributed by atoms with van der Waals surface area (Å²) in [6.07, 6.45) is 2.15. The zero-order valence-electron chi connectivity index (χ0n) is 5.52. The summed E-state index contributed by atoms with van der Waals surface area (Å²) in [5.74, 6) is 0. The van der Waals surface area contributed by atoms with Crippen LogP contribution in [0.5, 0.6) is 0 Å². The number of nitrogens with zero attached hydrogens (tertiary/aromatic N) is 2. The number of aromatic nitrogens is 2. The van der Waals surface area contributed by atoms with E-state index in [4.69, 9.17) is 0 Å².